The molecule has 0 saturated heterocycles. The molecular formula is C20H21BrN4O2. The van der Waals surface area contributed by atoms with E-state index in [-0.39, 0.29) is 24.4 Å². The Morgan fingerprint density at radius 1 is 1.26 bits per heavy atom. The minimum absolute atomic E-state index is 0.146. The summed E-state index contributed by atoms with van der Waals surface area (Å²) in [5.74, 6) is -0.146. The van der Waals surface area contributed by atoms with E-state index in [9.17, 15) is 9.59 Å². The van der Waals surface area contributed by atoms with Gasteiger partial charge in [-0.1, -0.05) is 22.0 Å². The first-order chi connectivity index (χ1) is 13.0. The van der Waals surface area contributed by atoms with Crippen LogP contribution in [-0.2, 0) is 11.3 Å². The van der Waals surface area contributed by atoms with E-state index in [1.54, 1.807) is 12.1 Å². The lowest BCUT2D eigenvalue weighted by atomic mass is 10.2. The van der Waals surface area contributed by atoms with Gasteiger partial charge in [-0.2, -0.15) is 0 Å². The number of nitrogens with zero attached hydrogens (tertiary/aromatic N) is 3. The van der Waals surface area contributed by atoms with E-state index in [1.165, 1.54) is 10.9 Å². The Bertz CT molecular complexity index is 1030. The van der Waals surface area contributed by atoms with Gasteiger partial charge in [0.05, 0.1) is 17.2 Å². The first-order valence-corrected chi connectivity index (χ1v) is 9.53. The van der Waals surface area contributed by atoms with Gasteiger partial charge in [-0.3, -0.25) is 14.2 Å². The highest BCUT2D eigenvalue weighted by atomic mass is 79.9. The maximum atomic E-state index is 12.6. The third-order valence-corrected chi connectivity index (χ3v) is 4.90. The third-order valence-electron chi connectivity index (χ3n) is 4.41. The zero-order valence-electron chi connectivity index (χ0n) is 15.3. The van der Waals surface area contributed by atoms with Crippen LogP contribution in [0.3, 0.4) is 0 Å². The number of benzene rings is 2. The van der Waals surface area contributed by atoms with Crippen molar-refractivity contribution in [1.82, 2.24) is 9.55 Å². The number of hydrogen-bond acceptors (Lipinski definition) is 4. The third kappa shape index (κ3) is 4.54. The molecule has 1 aromatic heterocycles. The van der Waals surface area contributed by atoms with E-state index in [1.807, 2.05) is 37.4 Å². The second-order valence-corrected chi connectivity index (χ2v) is 7.18. The largest absolute Gasteiger partial charge is 0.375 e. The summed E-state index contributed by atoms with van der Waals surface area (Å²) >= 11 is 3.37. The topological polar surface area (TPSA) is 67.2 Å². The first-order valence-electron chi connectivity index (χ1n) is 8.73. The number of fused-ring (bicyclic) bond motifs is 1. The quantitative estimate of drug-likeness (QED) is 0.650. The molecule has 1 amide bonds. The Kier molecular flexibility index (Phi) is 5.91. The van der Waals surface area contributed by atoms with Crippen molar-refractivity contribution in [3.63, 3.8) is 0 Å². The predicted molar refractivity (Wildman–Crippen MR) is 112 cm³/mol. The van der Waals surface area contributed by atoms with Crippen molar-refractivity contribution in [1.29, 1.82) is 0 Å². The molecule has 0 saturated carbocycles. The van der Waals surface area contributed by atoms with E-state index < -0.39 is 0 Å². The Morgan fingerprint density at radius 2 is 2.07 bits per heavy atom. The van der Waals surface area contributed by atoms with Gasteiger partial charge in [-0.25, -0.2) is 4.98 Å². The highest BCUT2D eigenvalue weighted by Gasteiger charge is 2.08. The Balaban J connectivity index is 1.68. The first kappa shape index (κ1) is 19.1. The monoisotopic (exact) mass is 428 g/mol. The van der Waals surface area contributed by atoms with Crippen molar-refractivity contribution >= 4 is 44.1 Å². The van der Waals surface area contributed by atoms with Crippen molar-refractivity contribution in [3.05, 3.63) is 63.6 Å². The minimum Gasteiger partial charge on any atom is -0.375 e. The molecule has 6 nitrogen and oxygen atoms in total. The van der Waals surface area contributed by atoms with Crippen LogP contribution >= 0.6 is 15.9 Å². The van der Waals surface area contributed by atoms with Gasteiger partial charge in [-0.05, 0) is 43.3 Å². The molecule has 0 bridgehead atoms. The van der Waals surface area contributed by atoms with Crippen molar-refractivity contribution in [2.75, 3.05) is 23.8 Å². The molecule has 1 heterocycles. The second-order valence-electron chi connectivity index (χ2n) is 6.27. The normalized spacial score (nSPS) is 10.8. The van der Waals surface area contributed by atoms with Crippen LogP contribution in [-0.4, -0.2) is 29.1 Å². The average molecular weight is 429 g/mol. The summed E-state index contributed by atoms with van der Waals surface area (Å²) in [5.41, 5.74) is 2.27. The molecule has 140 valence electrons. The van der Waals surface area contributed by atoms with Crippen molar-refractivity contribution < 1.29 is 4.79 Å². The van der Waals surface area contributed by atoms with Gasteiger partial charge in [-0.15, -0.1) is 0 Å². The summed E-state index contributed by atoms with van der Waals surface area (Å²) in [5, 5.41) is 3.42. The van der Waals surface area contributed by atoms with Crippen molar-refractivity contribution in [2.24, 2.45) is 0 Å². The van der Waals surface area contributed by atoms with E-state index in [4.69, 9.17) is 0 Å². The van der Waals surface area contributed by atoms with E-state index in [0.29, 0.717) is 10.9 Å². The lowest BCUT2D eigenvalue weighted by Gasteiger charge is -2.17. The number of carbonyl (C=O) groups excluding carboxylic acids is 1. The number of anilines is 2. The minimum atomic E-state index is -0.152. The number of amides is 1. The Labute approximate surface area is 166 Å². The fourth-order valence-corrected chi connectivity index (χ4v) is 3.10. The number of rotatable bonds is 6. The second kappa shape index (κ2) is 8.35. The smallest absolute Gasteiger partial charge is 0.261 e. The predicted octanol–water partition coefficient (Wildman–Crippen LogP) is 3.64. The molecule has 2 aromatic carbocycles. The van der Waals surface area contributed by atoms with E-state index in [2.05, 4.69) is 38.1 Å². The number of nitrogens with one attached hydrogen (secondary N) is 1. The highest BCUT2D eigenvalue weighted by Crippen LogP contribution is 2.18. The number of halogens is 1. The number of hydrogen-bond donors (Lipinski definition) is 1. The average Bonchev–Trinajstić information content (AvgIpc) is 2.67. The fraction of sp³-hybridized carbons (Fsp3) is 0.250. The lowest BCUT2D eigenvalue weighted by molar-refractivity contribution is -0.116. The molecule has 0 atom stereocenters. The molecular weight excluding hydrogens is 408 g/mol. The van der Waals surface area contributed by atoms with Crippen molar-refractivity contribution in [3.8, 4) is 0 Å². The maximum absolute atomic E-state index is 12.6. The highest BCUT2D eigenvalue weighted by molar-refractivity contribution is 9.10. The van der Waals surface area contributed by atoms with Crippen LogP contribution in [0.1, 0.15) is 13.3 Å². The van der Waals surface area contributed by atoms with Crippen LogP contribution in [0.2, 0.25) is 0 Å². The Morgan fingerprint density at radius 3 is 2.85 bits per heavy atom. The van der Waals surface area contributed by atoms with Gasteiger partial charge in [0.1, 0.15) is 0 Å². The van der Waals surface area contributed by atoms with Crippen LogP contribution in [0.25, 0.3) is 10.9 Å². The van der Waals surface area contributed by atoms with Gasteiger partial charge in [0.25, 0.3) is 5.56 Å². The summed E-state index contributed by atoms with van der Waals surface area (Å²) < 4.78 is 2.29. The van der Waals surface area contributed by atoms with Crippen LogP contribution in [0, 0.1) is 0 Å². The van der Waals surface area contributed by atoms with Crippen LogP contribution in [0.5, 0.6) is 0 Å². The Hall–Kier alpha value is -2.67. The van der Waals surface area contributed by atoms with Gasteiger partial charge >= 0.3 is 0 Å². The molecule has 0 unspecified atom stereocenters. The fourth-order valence-electron chi connectivity index (χ4n) is 2.74. The lowest BCUT2D eigenvalue weighted by Crippen LogP contribution is -2.23. The molecule has 3 aromatic rings. The molecule has 0 fully saturated rings. The van der Waals surface area contributed by atoms with Gasteiger partial charge < -0.3 is 10.2 Å². The molecule has 3 rings (SSSR count). The molecule has 0 aliphatic heterocycles. The molecule has 0 aliphatic rings. The molecule has 0 radical (unpaired) electrons. The van der Waals surface area contributed by atoms with Gasteiger partial charge in [0, 0.05) is 42.4 Å². The van der Waals surface area contributed by atoms with Crippen molar-refractivity contribution in [2.45, 2.75) is 19.9 Å². The molecule has 0 spiro atoms. The molecule has 0 aliphatic carbocycles. The van der Waals surface area contributed by atoms with E-state index in [0.717, 1.165) is 22.4 Å². The number of aromatic nitrogens is 2. The summed E-state index contributed by atoms with van der Waals surface area (Å²) in [6.07, 6.45) is 1.68. The molecule has 27 heavy (non-hydrogen) atoms. The standard InChI is InChI=1S/C20H21BrN4O2/c1-3-24(2)16-6-4-5-15(12-16)23-19(26)9-10-25-13-22-18-8-7-14(21)11-17(18)20(25)27/h4-8,11-13H,3,9-10H2,1-2H3,(H,23,26). The summed E-state index contributed by atoms with van der Waals surface area (Å²) in [7, 11) is 2.00. The summed E-state index contributed by atoms with van der Waals surface area (Å²) in [6.45, 7) is 3.22. The number of aryl methyl sites for hydroxylation is 1. The van der Waals surface area contributed by atoms with Gasteiger partial charge in [0.2, 0.25) is 5.91 Å². The van der Waals surface area contributed by atoms with Gasteiger partial charge in [0.15, 0.2) is 0 Å². The molecule has 1 N–H and O–H groups in total. The molecule has 7 heteroatoms. The summed E-state index contributed by atoms with van der Waals surface area (Å²) in [4.78, 5) is 31.2. The maximum Gasteiger partial charge on any atom is 0.261 e. The zero-order valence-corrected chi connectivity index (χ0v) is 16.9. The van der Waals surface area contributed by atoms with Crippen LogP contribution in [0.15, 0.2) is 58.1 Å². The van der Waals surface area contributed by atoms with E-state index >= 15 is 0 Å². The van der Waals surface area contributed by atoms with Crippen LogP contribution in [0.4, 0.5) is 11.4 Å². The SMILES string of the molecule is CCN(C)c1cccc(NC(=O)CCn2cnc3ccc(Br)cc3c2=O)c1. The summed E-state index contributed by atoms with van der Waals surface area (Å²) in [6, 6.07) is 13.1. The van der Waals surface area contributed by atoms with Crippen LogP contribution < -0.4 is 15.8 Å². The number of carbonyl (C=O) groups is 1. The zero-order chi connectivity index (χ0) is 19.4.